The SMILES string of the molecule is C=C1N=C2Nc3cc(N(CC)CC)ccc3SC2=CN1[C@H]1[CH-][C@@H](O)[C@@H](COP(=O)(N[C@@H](C)C(=O)OC(C)C)Oc2ccccc2)O1.C=C1N=C2Nc3cc(N(CC)CC)ccc3SC2=CN1[C@H]1[CH-][C@@H](O)[C@@H](COP(=O)(O)OP(=O)(O)OP(=O)(O)O)O1.C=C1N=C2Nc3cc(N(CC)CC)ccc3SC2=CN1[C@H]1[CH-][C@@H](O)[C@@H](COP(=O)(OCc2ccc(OC(C)=O)cc2)OCc2ccc(OC(C)=O)cc2)O1.[Y].[Y].[Y]. The predicted octanol–water partition coefficient (Wildman–Crippen LogP) is 15.0. The molecule has 53 heteroatoms. The number of nitrogens with zero attached hydrogens (tertiary/aromatic N) is 9. The maximum absolute atomic E-state index is 14.0. The second kappa shape index (κ2) is 53.1. The van der Waals surface area contributed by atoms with Gasteiger partial charge in [-0.2, -0.15) is 13.7 Å². The minimum atomic E-state index is -5.67. The molecule has 0 saturated carbocycles. The summed E-state index contributed by atoms with van der Waals surface area (Å²) in [6, 6.07) is 39.1. The zero-order chi connectivity index (χ0) is 101. The van der Waals surface area contributed by atoms with Gasteiger partial charge in [0.25, 0.3) is 0 Å². The van der Waals surface area contributed by atoms with Crippen LogP contribution in [0.4, 0.5) is 34.1 Å². The first-order valence-corrected chi connectivity index (χ1v) is 54.2. The number of thioether (sulfide) groups is 3. The van der Waals surface area contributed by atoms with E-state index < -0.39 is 125 Å². The third kappa shape index (κ3) is 32.8. The largest absolute Gasteiger partial charge is 0.490 e. The van der Waals surface area contributed by atoms with Crippen LogP contribution in [0, 0.1) is 19.3 Å². The van der Waals surface area contributed by atoms with E-state index in [9.17, 15) is 62.3 Å². The third-order valence-corrected chi connectivity index (χ3v) is 31.7. The van der Waals surface area contributed by atoms with Crippen molar-refractivity contribution in [2.45, 2.75) is 172 Å². The molecule has 0 bridgehead atoms. The molecule has 42 nitrogen and oxygen atoms in total. The summed E-state index contributed by atoms with van der Waals surface area (Å²) >= 11 is 4.62. The number of esters is 3. The Balaban J connectivity index is 0.000000221. The molecule has 765 valence electrons. The Bertz CT molecular complexity index is 5950. The normalized spacial score (nSPS) is 21.7. The van der Waals surface area contributed by atoms with Gasteiger partial charge in [0.05, 0.1) is 89.2 Å². The van der Waals surface area contributed by atoms with Crippen LogP contribution >= 0.6 is 74.3 Å². The van der Waals surface area contributed by atoms with Crippen LogP contribution in [0.1, 0.15) is 87.3 Å². The number of nitrogens with one attached hydrogen (secondary N) is 4. The zero-order valence-electron chi connectivity index (χ0n) is 79.7. The van der Waals surface area contributed by atoms with Crippen LogP contribution in [0.2, 0.25) is 0 Å². The topological polar surface area (TPSA) is 512 Å². The molecular weight excluding hydrogens is 2240 g/mol. The van der Waals surface area contributed by atoms with E-state index in [1.54, 1.807) is 145 Å². The van der Waals surface area contributed by atoms with Crippen LogP contribution in [-0.4, -0.2) is 212 Å². The van der Waals surface area contributed by atoms with Crippen molar-refractivity contribution in [2.24, 2.45) is 15.0 Å². The van der Waals surface area contributed by atoms with Crippen LogP contribution in [0.25, 0.3) is 0 Å². The number of hydrogen-bond acceptors (Lipinski definition) is 40. The number of aliphatic imine (C=N–C) groups is 3. The third-order valence-electron chi connectivity index (χ3n) is 21.6. The summed E-state index contributed by atoms with van der Waals surface area (Å²) in [5.74, 6) is 2.47. The van der Waals surface area contributed by atoms with Crippen LogP contribution in [0.15, 0.2) is 234 Å². The van der Waals surface area contributed by atoms with Crippen molar-refractivity contribution in [3.63, 3.8) is 0 Å². The van der Waals surface area contributed by atoms with E-state index >= 15 is 0 Å². The number of rotatable bonds is 39. The smallest absolute Gasteiger partial charge is 0.462 e. The number of amidine groups is 3. The van der Waals surface area contributed by atoms with Gasteiger partial charge in [-0.1, -0.05) is 97.5 Å². The second-order valence-corrected chi connectivity index (χ2v) is 43.0. The van der Waals surface area contributed by atoms with Gasteiger partial charge in [-0.25, -0.2) is 57.1 Å². The summed E-state index contributed by atoms with van der Waals surface area (Å²) in [6.07, 6.45) is 0.739. The fraction of sp³-hybridized carbons (Fsp3) is 0.367. The number of carbonyl (C=O) groups is 3. The van der Waals surface area contributed by atoms with E-state index in [0.29, 0.717) is 51.8 Å². The minimum Gasteiger partial charge on any atom is -0.462 e. The van der Waals surface area contributed by atoms with Gasteiger partial charge < -0.3 is 113 Å². The molecule has 9 heterocycles. The summed E-state index contributed by atoms with van der Waals surface area (Å²) in [7, 11) is -25.0. The molecule has 3 unspecified atom stereocenters. The number of hydrogen-bond donors (Lipinski definition) is 11. The van der Waals surface area contributed by atoms with E-state index in [2.05, 4.69) is 158 Å². The standard InChI is InChI=1S/C38H42N4O10PS.C32H41N5O7PS.C20H28N4O12P3S.3Y/c1-6-41(7-2)29-12-17-35-32(18-29)40-38-36(54-35)20-42(24(3)39-38)37-19-33(45)34(52-37)23-49-53(46,47-21-27-8-13-30(14-9-27)50-25(4)43)48-22-28-10-15-31(16-11-28)51-26(5)44;1-7-36(8-2)23-14-15-28-25(16-23)34-31-29(46-28)18-37(22(6)33-31)30-17-26(38)27(43-30)19-41-45(40,44-24-12-10-9-11-13-24)35-21(5)32(39)42-20(3)4;1-4-23(5-2)13-6-7-17-14(8-13)22-20-18(40-17)10-24(12(3)21-20)19-9-15(25)16(34-19)11-33-38(29,30)36-39(31,32)35-37(26,27)28;;;/h8-20,33-34,37,45H,3,6-7,21-23H2,1-2,4-5H3,(H,39,40);9-18,20-21,26-27,30,38H,6-8,19H2,1-5H3,(H,33,34)(H,35,40);6-10,15-16,19,25H,3-5,11H2,1-2H3,(H,21,22)(H,29,30)(H,31,32)(H2,26,27,28);;;/q3*-1;;;/t33-,34-,37-;21-,26+,27+,30+,45?;15-,16-,19-;;;/m101.../s1. The maximum Gasteiger partial charge on any atom is 0.490 e. The molecule has 0 aromatic heterocycles. The number of carbonyl (C=O) groups excluding carboxylic acids is 3. The molecule has 6 aromatic rings. The van der Waals surface area contributed by atoms with Crippen molar-refractivity contribution < 1.29 is 234 Å². The van der Waals surface area contributed by atoms with Crippen LogP contribution in [0.5, 0.6) is 17.2 Å². The van der Waals surface area contributed by atoms with Crippen molar-refractivity contribution in [3.05, 3.63) is 234 Å². The van der Waals surface area contributed by atoms with Crippen molar-refractivity contribution in [2.75, 3.05) is 89.7 Å². The summed E-state index contributed by atoms with van der Waals surface area (Å²) in [6.45, 7) is 36.0. The summed E-state index contributed by atoms with van der Waals surface area (Å²) in [5, 5.41) is 45.1. The molecule has 6 aromatic carbocycles. The van der Waals surface area contributed by atoms with Gasteiger partial charge in [0.2, 0.25) is 0 Å². The molecule has 9 aliphatic heterocycles. The molecule has 0 spiro atoms. The molecule has 3 saturated heterocycles. The second-order valence-electron chi connectivity index (χ2n) is 32.0. The number of anilines is 6. The molecule has 3 radical (unpaired) electrons. The van der Waals surface area contributed by atoms with Gasteiger partial charge in [-0.3, -0.25) is 37.0 Å². The van der Waals surface area contributed by atoms with Gasteiger partial charge in [0.15, 0.2) is 0 Å². The predicted molar refractivity (Wildman–Crippen MR) is 528 cm³/mol. The Hall–Kier alpha value is -6.03. The fourth-order valence-electron chi connectivity index (χ4n) is 14.8. The Morgan fingerprint density at radius 1 is 0.476 bits per heavy atom. The molecule has 13 atom stereocenters. The van der Waals surface area contributed by atoms with Gasteiger partial charge in [0, 0.05) is 220 Å². The summed E-state index contributed by atoms with van der Waals surface area (Å²) in [4.78, 5) is 102. The molecule has 3 fully saturated rings. The van der Waals surface area contributed by atoms with E-state index in [-0.39, 0.29) is 142 Å². The molecule has 0 amide bonds. The number of phosphoric acid groups is 4. The van der Waals surface area contributed by atoms with Crippen LogP contribution < -0.4 is 49.7 Å². The first-order chi connectivity index (χ1) is 66.5. The van der Waals surface area contributed by atoms with Crippen molar-refractivity contribution in [1.29, 1.82) is 0 Å². The summed E-state index contributed by atoms with van der Waals surface area (Å²) < 4.78 is 136. The summed E-state index contributed by atoms with van der Waals surface area (Å²) in [5.41, 5.74) is 7.38. The van der Waals surface area contributed by atoms with E-state index in [0.717, 1.165) is 103 Å². The number of aliphatic hydroxyl groups excluding tert-OH is 3. The Kier molecular flexibility index (Phi) is 44.1. The molecule has 143 heavy (non-hydrogen) atoms. The van der Waals surface area contributed by atoms with E-state index in [1.165, 1.54) is 43.9 Å². The monoisotopic (exact) mass is 2360 g/mol. The fourth-order valence-corrected chi connectivity index (χ4v) is 23.3. The number of benzene rings is 6. The number of fused-ring (bicyclic) bond motifs is 6. The number of ether oxygens (including phenoxy) is 6. The number of para-hydroxylation sites is 1. The van der Waals surface area contributed by atoms with Gasteiger partial charge >= 0.3 is 56.9 Å². The molecule has 0 aliphatic carbocycles. The average Bonchev–Trinajstić information content (AvgIpc) is 1.58. The van der Waals surface area contributed by atoms with Crippen LogP contribution in [0.3, 0.4) is 0 Å². The molecular formula is C90H111N13O29P5S3Y3-3. The van der Waals surface area contributed by atoms with Gasteiger partial charge in [-0.05, 0) is 183 Å². The zero-order valence-corrected chi connectivity index (χ0v) is 95.2. The first kappa shape index (κ1) is 119. The van der Waals surface area contributed by atoms with Crippen LogP contribution in [-0.2, 0) is 199 Å². The minimum absolute atomic E-state index is 0. The van der Waals surface area contributed by atoms with E-state index in [1.807, 2.05) is 24.5 Å². The first-order valence-electron chi connectivity index (χ1n) is 44.2. The molecule has 9 aliphatic rings. The van der Waals surface area contributed by atoms with Crippen molar-refractivity contribution in [1.82, 2.24) is 19.8 Å². The van der Waals surface area contributed by atoms with E-state index in [4.69, 9.17) is 70.8 Å². The quantitative estimate of drug-likeness (QED) is 0.00739. The van der Waals surface area contributed by atoms with Crippen molar-refractivity contribution in [3.8, 4) is 17.2 Å². The van der Waals surface area contributed by atoms with Crippen molar-refractivity contribution >= 4 is 144 Å². The number of aliphatic hydroxyl groups is 3. The van der Waals surface area contributed by atoms with Gasteiger partial charge in [0.1, 0.15) is 58.3 Å². The van der Waals surface area contributed by atoms with Gasteiger partial charge in [-0.15, -0.1) is 0 Å². The molecule has 11 N–H and O–H groups in total. The average molecular weight is 2360 g/mol. The Morgan fingerprint density at radius 2 is 0.825 bits per heavy atom. The molecule has 15 rings (SSSR count). The number of phosphoric ester groups is 2. The Morgan fingerprint density at radius 3 is 1.16 bits per heavy atom. The Labute approximate surface area is 917 Å². The maximum atomic E-state index is 14.0.